The van der Waals surface area contributed by atoms with Crippen LogP contribution in [0, 0.1) is 5.41 Å². The average Bonchev–Trinajstić information content (AvgIpc) is 2.04. The van der Waals surface area contributed by atoms with Crippen LogP contribution >= 0.6 is 0 Å². The summed E-state index contributed by atoms with van der Waals surface area (Å²) in [7, 11) is -3.96. The Morgan fingerprint density at radius 1 is 1.19 bits per heavy atom. The molecular formula is C11H16O4S. The molecule has 0 unspecified atom stereocenters. The van der Waals surface area contributed by atoms with Crippen molar-refractivity contribution in [1.29, 1.82) is 0 Å². The minimum atomic E-state index is -3.96. The number of aromatic hydroxyl groups is 1. The lowest BCUT2D eigenvalue weighted by Gasteiger charge is -2.22. The Bertz CT molecular complexity index is 445. The number of rotatable bonds is 4. The molecule has 0 fully saturated rings. The summed E-state index contributed by atoms with van der Waals surface area (Å²) in [5.74, 6) is -0.0997. The fourth-order valence-corrected chi connectivity index (χ4v) is 2.80. The van der Waals surface area contributed by atoms with Gasteiger partial charge in [0.2, 0.25) is 0 Å². The van der Waals surface area contributed by atoms with E-state index in [2.05, 4.69) is 0 Å². The second kappa shape index (κ2) is 4.43. The molecule has 0 spiro atoms. The average molecular weight is 244 g/mol. The van der Waals surface area contributed by atoms with Crippen molar-refractivity contribution in [3.63, 3.8) is 0 Å². The van der Waals surface area contributed by atoms with Crippen LogP contribution in [0.2, 0.25) is 0 Å². The van der Waals surface area contributed by atoms with E-state index >= 15 is 0 Å². The van der Waals surface area contributed by atoms with Crippen molar-refractivity contribution in [2.75, 3.05) is 5.75 Å². The van der Waals surface area contributed by atoms with Gasteiger partial charge in [-0.25, -0.2) is 0 Å². The second-order valence-electron chi connectivity index (χ2n) is 4.73. The fraction of sp³-hybridized carbons (Fsp3) is 0.455. The van der Waals surface area contributed by atoms with Gasteiger partial charge in [0.15, 0.2) is 0 Å². The largest absolute Gasteiger partial charge is 0.508 e. The summed E-state index contributed by atoms with van der Waals surface area (Å²) in [6.45, 7) is 3.54. The molecule has 0 bridgehead atoms. The van der Waals surface area contributed by atoms with Crippen molar-refractivity contribution >= 4 is 10.1 Å². The van der Waals surface area contributed by atoms with Gasteiger partial charge in [0.25, 0.3) is 10.1 Å². The molecule has 1 aromatic rings. The maximum atomic E-state index is 10.8. The maximum Gasteiger partial charge on any atom is 0.265 e. The molecule has 0 saturated heterocycles. The lowest BCUT2D eigenvalue weighted by atomic mass is 9.88. The number of phenols is 1. The molecular weight excluding hydrogens is 228 g/mol. The molecule has 4 nitrogen and oxygen atoms in total. The van der Waals surface area contributed by atoms with Crippen molar-refractivity contribution < 1.29 is 18.1 Å². The molecule has 0 aromatic heterocycles. The summed E-state index contributed by atoms with van der Waals surface area (Å²) in [5.41, 5.74) is 0.385. The molecule has 0 aliphatic heterocycles. The van der Waals surface area contributed by atoms with Gasteiger partial charge in [0.05, 0.1) is 5.75 Å². The van der Waals surface area contributed by atoms with E-state index in [1.807, 2.05) is 0 Å². The minimum absolute atomic E-state index is 0.177. The smallest absolute Gasteiger partial charge is 0.265 e. The van der Waals surface area contributed by atoms with E-state index in [0.717, 1.165) is 5.56 Å². The topological polar surface area (TPSA) is 74.6 Å². The van der Waals surface area contributed by atoms with Crippen LogP contribution < -0.4 is 0 Å². The van der Waals surface area contributed by atoms with E-state index in [9.17, 15) is 8.42 Å². The molecule has 2 N–H and O–H groups in total. The first-order valence-corrected chi connectivity index (χ1v) is 6.52. The zero-order valence-corrected chi connectivity index (χ0v) is 10.2. The maximum absolute atomic E-state index is 10.8. The van der Waals surface area contributed by atoms with Crippen molar-refractivity contribution in [3.8, 4) is 5.75 Å². The molecule has 0 aliphatic carbocycles. The monoisotopic (exact) mass is 244 g/mol. The highest BCUT2D eigenvalue weighted by Crippen LogP contribution is 2.24. The highest BCUT2D eigenvalue weighted by molar-refractivity contribution is 7.85. The first-order chi connectivity index (χ1) is 7.18. The van der Waals surface area contributed by atoms with E-state index < -0.39 is 15.5 Å². The Balaban J connectivity index is 2.76. The standard InChI is InChI=1S/C11H16O4S/c1-11(2,8-16(13,14)15)7-9-3-5-10(12)6-4-9/h3-6,12H,7-8H2,1-2H3,(H,13,14,15). The van der Waals surface area contributed by atoms with Crippen LogP contribution in [-0.4, -0.2) is 23.8 Å². The lowest BCUT2D eigenvalue weighted by molar-refractivity contribution is 0.386. The van der Waals surface area contributed by atoms with Crippen molar-refractivity contribution in [1.82, 2.24) is 0 Å². The quantitative estimate of drug-likeness (QED) is 0.793. The number of phenolic OH excluding ortho intramolecular Hbond substituents is 1. The highest BCUT2D eigenvalue weighted by Gasteiger charge is 2.25. The molecule has 16 heavy (non-hydrogen) atoms. The van der Waals surface area contributed by atoms with Crippen LogP contribution in [0.1, 0.15) is 19.4 Å². The fourth-order valence-electron chi connectivity index (χ4n) is 1.71. The van der Waals surface area contributed by atoms with Gasteiger partial charge in [0, 0.05) is 0 Å². The molecule has 0 amide bonds. The van der Waals surface area contributed by atoms with Gasteiger partial charge in [-0.3, -0.25) is 4.55 Å². The third-order valence-corrected chi connectivity index (χ3v) is 3.34. The Morgan fingerprint density at radius 3 is 2.12 bits per heavy atom. The lowest BCUT2D eigenvalue weighted by Crippen LogP contribution is -2.25. The molecule has 5 heteroatoms. The molecule has 90 valence electrons. The summed E-state index contributed by atoms with van der Waals surface area (Å²) in [6, 6.07) is 6.58. The van der Waals surface area contributed by atoms with Gasteiger partial charge in [-0.15, -0.1) is 0 Å². The van der Waals surface area contributed by atoms with Crippen molar-refractivity contribution in [2.24, 2.45) is 5.41 Å². The summed E-state index contributed by atoms with van der Waals surface area (Å²) >= 11 is 0. The predicted molar refractivity (Wildman–Crippen MR) is 62.0 cm³/mol. The third-order valence-electron chi connectivity index (χ3n) is 2.19. The summed E-state index contributed by atoms with van der Waals surface area (Å²) < 4.78 is 30.4. The minimum Gasteiger partial charge on any atom is -0.508 e. The summed E-state index contributed by atoms with van der Waals surface area (Å²) in [5, 5.41) is 9.11. The molecule has 0 heterocycles. The summed E-state index contributed by atoms with van der Waals surface area (Å²) in [6.07, 6.45) is 0.521. The Kier molecular flexibility index (Phi) is 3.60. The highest BCUT2D eigenvalue weighted by atomic mass is 32.2. The van der Waals surface area contributed by atoms with Gasteiger partial charge < -0.3 is 5.11 Å². The van der Waals surface area contributed by atoms with Crippen LogP contribution in [0.15, 0.2) is 24.3 Å². The Labute approximate surface area is 95.7 Å². The molecule has 1 rings (SSSR count). The molecule has 1 aromatic carbocycles. The Hall–Kier alpha value is -1.07. The molecule has 0 radical (unpaired) electrons. The second-order valence-corrected chi connectivity index (χ2v) is 6.19. The van der Waals surface area contributed by atoms with E-state index in [0.29, 0.717) is 6.42 Å². The van der Waals surface area contributed by atoms with Crippen LogP contribution in [0.4, 0.5) is 0 Å². The zero-order chi connectivity index (χ0) is 12.4. The number of hydrogen-bond donors (Lipinski definition) is 2. The van der Waals surface area contributed by atoms with Gasteiger partial charge in [-0.1, -0.05) is 26.0 Å². The van der Waals surface area contributed by atoms with E-state index in [1.54, 1.807) is 38.1 Å². The van der Waals surface area contributed by atoms with Crippen LogP contribution in [0.5, 0.6) is 5.75 Å². The number of benzene rings is 1. The van der Waals surface area contributed by atoms with E-state index in [4.69, 9.17) is 9.66 Å². The molecule has 0 atom stereocenters. The summed E-state index contributed by atoms with van der Waals surface area (Å²) in [4.78, 5) is 0. The zero-order valence-electron chi connectivity index (χ0n) is 9.34. The SMILES string of the molecule is CC(C)(Cc1ccc(O)cc1)CS(=O)(=O)O. The van der Waals surface area contributed by atoms with Crippen molar-refractivity contribution in [3.05, 3.63) is 29.8 Å². The van der Waals surface area contributed by atoms with Crippen LogP contribution in [0.3, 0.4) is 0 Å². The first kappa shape index (κ1) is 13.0. The Morgan fingerprint density at radius 2 is 1.69 bits per heavy atom. The van der Waals surface area contributed by atoms with Crippen LogP contribution in [0.25, 0.3) is 0 Å². The normalized spacial score (nSPS) is 12.7. The predicted octanol–water partition coefficient (Wildman–Crippen LogP) is 1.85. The van der Waals surface area contributed by atoms with Gasteiger partial charge >= 0.3 is 0 Å². The van der Waals surface area contributed by atoms with E-state index in [1.165, 1.54) is 0 Å². The number of hydrogen-bond acceptors (Lipinski definition) is 3. The van der Waals surface area contributed by atoms with Gasteiger partial charge in [-0.05, 0) is 29.5 Å². The van der Waals surface area contributed by atoms with Gasteiger partial charge in [0.1, 0.15) is 5.75 Å². The molecule has 0 aliphatic rings. The third kappa shape index (κ3) is 4.63. The van der Waals surface area contributed by atoms with Crippen LogP contribution in [-0.2, 0) is 16.5 Å². The molecule has 0 saturated carbocycles. The van der Waals surface area contributed by atoms with Crippen molar-refractivity contribution in [2.45, 2.75) is 20.3 Å². The van der Waals surface area contributed by atoms with Gasteiger partial charge in [-0.2, -0.15) is 8.42 Å². The first-order valence-electron chi connectivity index (χ1n) is 4.91. The van der Waals surface area contributed by atoms with E-state index in [-0.39, 0.29) is 11.5 Å².